The Morgan fingerprint density at radius 2 is 2.12 bits per heavy atom. The number of guanidine groups is 1. The minimum atomic E-state index is -0.180. The zero-order valence-corrected chi connectivity index (χ0v) is 15.2. The van der Waals surface area contributed by atoms with Crippen molar-refractivity contribution in [3.8, 4) is 0 Å². The zero-order chi connectivity index (χ0) is 18.1. The van der Waals surface area contributed by atoms with Crippen molar-refractivity contribution in [2.45, 2.75) is 32.1 Å². The summed E-state index contributed by atoms with van der Waals surface area (Å²) in [5.74, 6) is 1.32. The van der Waals surface area contributed by atoms with Crippen molar-refractivity contribution in [3.63, 3.8) is 0 Å². The molecule has 0 saturated carbocycles. The minimum Gasteiger partial charge on any atom is -0.359 e. The van der Waals surface area contributed by atoms with Crippen LogP contribution in [0.5, 0.6) is 0 Å². The lowest BCUT2D eigenvalue weighted by Gasteiger charge is -2.34. The number of nitrogens with zero attached hydrogens (tertiary/aromatic N) is 2. The zero-order valence-electron chi connectivity index (χ0n) is 15.2. The standard InChI is InChI=1S/C19H29FN4O/c1-21-18(25)14-16-8-11-24(12-9-16)19(22-2)23-10-4-6-15-5-3-7-17(20)13-15/h3,5,7,13,16H,4,6,8-12,14H2,1-2H3,(H,21,25)(H,22,23). The first-order chi connectivity index (χ1) is 12.1. The first-order valence-corrected chi connectivity index (χ1v) is 9.03. The minimum absolute atomic E-state index is 0.123. The highest BCUT2D eigenvalue weighted by Gasteiger charge is 2.22. The number of hydrogen-bond donors (Lipinski definition) is 2. The number of likely N-dealkylation sites (tertiary alicyclic amines) is 1. The molecule has 2 rings (SSSR count). The number of benzene rings is 1. The van der Waals surface area contributed by atoms with Gasteiger partial charge in [0, 0.05) is 40.2 Å². The van der Waals surface area contributed by atoms with Crippen LogP contribution in [0.3, 0.4) is 0 Å². The van der Waals surface area contributed by atoms with Gasteiger partial charge in [0.1, 0.15) is 5.82 Å². The molecule has 25 heavy (non-hydrogen) atoms. The van der Waals surface area contributed by atoms with Gasteiger partial charge in [0.05, 0.1) is 0 Å². The maximum Gasteiger partial charge on any atom is 0.220 e. The maximum absolute atomic E-state index is 13.2. The van der Waals surface area contributed by atoms with Crippen LogP contribution >= 0.6 is 0 Å². The number of piperidine rings is 1. The van der Waals surface area contributed by atoms with Gasteiger partial charge in [-0.3, -0.25) is 9.79 Å². The molecule has 1 fully saturated rings. The van der Waals surface area contributed by atoms with E-state index in [1.54, 1.807) is 26.2 Å². The van der Waals surface area contributed by atoms with Gasteiger partial charge >= 0.3 is 0 Å². The molecule has 1 aliphatic rings. The number of aryl methyl sites for hydroxylation is 1. The summed E-state index contributed by atoms with van der Waals surface area (Å²) in [6.07, 6.45) is 4.41. The molecule has 0 unspecified atom stereocenters. The molecule has 5 nitrogen and oxygen atoms in total. The maximum atomic E-state index is 13.2. The van der Waals surface area contributed by atoms with Crippen LogP contribution < -0.4 is 10.6 Å². The van der Waals surface area contributed by atoms with E-state index in [4.69, 9.17) is 0 Å². The quantitative estimate of drug-likeness (QED) is 0.471. The molecule has 2 N–H and O–H groups in total. The highest BCUT2D eigenvalue weighted by Crippen LogP contribution is 2.20. The summed E-state index contributed by atoms with van der Waals surface area (Å²) in [6, 6.07) is 6.76. The molecule has 1 saturated heterocycles. The van der Waals surface area contributed by atoms with Crippen molar-refractivity contribution in [2.24, 2.45) is 10.9 Å². The van der Waals surface area contributed by atoms with E-state index in [0.29, 0.717) is 12.3 Å². The third-order valence-electron chi connectivity index (χ3n) is 4.69. The number of hydrogen-bond acceptors (Lipinski definition) is 2. The van der Waals surface area contributed by atoms with Crippen molar-refractivity contribution in [2.75, 3.05) is 33.7 Å². The summed E-state index contributed by atoms with van der Waals surface area (Å²) in [7, 11) is 3.48. The Balaban J connectivity index is 1.69. The van der Waals surface area contributed by atoms with E-state index in [1.165, 1.54) is 6.07 Å². The molecule has 0 aliphatic carbocycles. The Morgan fingerprint density at radius 3 is 2.76 bits per heavy atom. The van der Waals surface area contributed by atoms with Gasteiger partial charge < -0.3 is 15.5 Å². The highest BCUT2D eigenvalue weighted by molar-refractivity contribution is 5.80. The van der Waals surface area contributed by atoms with Gasteiger partial charge in [-0.1, -0.05) is 12.1 Å². The van der Waals surface area contributed by atoms with Gasteiger partial charge in [0.2, 0.25) is 5.91 Å². The summed E-state index contributed by atoms with van der Waals surface area (Å²) in [4.78, 5) is 18.1. The Kier molecular flexibility index (Phi) is 7.70. The van der Waals surface area contributed by atoms with Gasteiger partial charge in [-0.15, -0.1) is 0 Å². The molecule has 1 aromatic carbocycles. The molecular weight excluding hydrogens is 319 g/mol. The van der Waals surface area contributed by atoms with Gasteiger partial charge in [0.15, 0.2) is 5.96 Å². The van der Waals surface area contributed by atoms with E-state index in [-0.39, 0.29) is 11.7 Å². The average Bonchev–Trinajstić information content (AvgIpc) is 2.63. The van der Waals surface area contributed by atoms with E-state index in [1.807, 2.05) is 6.07 Å². The van der Waals surface area contributed by atoms with Crippen LogP contribution in [-0.2, 0) is 11.2 Å². The molecular formula is C19H29FN4O. The normalized spacial score (nSPS) is 16.0. The van der Waals surface area contributed by atoms with E-state index in [0.717, 1.165) is 56.8 Å². The topological polar surface area (TPSA) is 56.7 Å². The Bertz CT molecular complexity index is 583. The SMILES string of the molecule is CN=C(NCCCc1cccc(F)c1)N1CCC(CC(=O)NC)CC1. The van der Waals surface area contributed by atoms with Gasteiger partial charge in [-0.05, 0) is 49.3 Å². The second-order valence-electron chi connectivity index (χ2n) is 6.52. The van der Waals surface area contributed by atoms with Crippen LogP contribution in [0.4, 0.5) is 4.39 Å². The summed E-state index contributed by atoms with van der Waals surface area (Å²) in [5, 5.41) is 6.09. The van der Waals surface area contributed by atoms with Crippen molar-refractivity contribution in [3.05, 3.63) is 35.6 Å². The van der Waals surface area contributed by atoms with Gasteiger partial charge in [-0.25, -0.2) is 4.39 Å². The van der Waals surface area contributed by atoms with E-state index in [2.05, 4.69) is 20.5 Å². The largest absolute Gasteiger partial charge is 0.359 e. The summed E-state index contributed by atoms with van der Waals surface area (Å²) < 4.78 is 13.2. The van der Waals surface area contributed by atoms with Crippen molar-refractivity contribution >= 4 is 11.9 Å². The Labute approximate surface area is 149 Å². The predicted octanol–water partition coefficient (Wildman–Crippen LogP) is 2.18. The molecule has 6 heteroatoms. The number of carbonyl (C=O) groups is 1. The lowest BCUT2D eigenvalue weighted by Crippen LogP contribution is -2.46. The van der Waals surface area contributed by atoms with Gasteiger partial charge in [-0.2, -0.15) is 0 Å². The first-order valence-electron chi connectivity index (χ1n) is 9.03. The molecule has 0 aromatic heterocycles. The first kappa shape index (κ1) is 19.2. The van der Waals surface area contributed by atoms with Crippen LogP contribution in [0.2, 0.25) is 0 Å². The Hall–Kier alpha value is -2.11. The monoisotopic (exact) mass is 348 g/mol. The Morgan fingerprint density at radius 1 is 1.36 bits per heavy atom. The smallest absolute Gasteiger partial charge is 0.220 e. The van der Waals surface area contributed by atoms with E-state index < -0.39 is 0 Å². The number of carbonyl (C=O) groups excluding carboxylic acids is 1. The molecule has 1 aromatic rings. The van der Waals surface area contributed by atoms with E-state index >= 15 is 0 Å². The molecule has 1 heterocycles. The molecule has 0 atom stereocenters. The number of rotatable bonds is 6. The third-order valence-corrected chi connectivity index (χ3v) is 4.69. The summed E-state index contributed by atoms with van der Waals surface area (Å²) in [5.41, 5.74) is 1.02. The summed E-state index contributed by atoms with van der Waals surface area (Å²) in [6.45, 7) is 2.65. The van der Waals surface area contributed by atoms with Crippen LogP contribution in [0, 0.1) is 11.7 Å². The molecule has 1 aliphatic heterocycles. The van der Waals surface area contributed by atoms with Crippen molar-refractivity contribution < 1.29 is 9.18 Å². The fraction of sp³-hybridized carbons (Fsp3) is 0.579. The molecule has 138 valence electrons. The van der Waals surface area contributed by atoms with Gasteiger partial charge in [0.25, 0.3) is 0 Å². The predicted molar refractivity (Wildman–Crippen MR) is 99.1 cm³/mol. The second kappa shape index (κ2) is 10.0. The fourth-order valence-corrected chi connectivity index (χ4v) is 3.23. The molecule has 0 spiro atoms. The number of amides is 1. The van der Waals surface area contributed by atoms with Crippen molar-refractivity contribution in [1.82, 2.24) is 15.5 Å². The number of halogens is 1. The van der Waals surface area contributed by atoms with Crippen molar-refractivity contribution in [1.29, 1.82) is 0 Å². The summed E-state index contributed by atoms with van der Waals surface area (Å²) >= 11 is 0. The van der Waals surface area contributed by atoms with Crippen LogP contribution in [0.15, 0.2) is 29.3 Å². The lowest BCUT2D eigenvalue weighted by atomic mass is 9.93. The van der Waals surface area contributed by atoms with Crippen LogP contribution in [0.1, 0.15) is 31.2 Å². The highest BCUT2D eigenvalue weighted by atomic mass is 19.1. The lowest BCUT2D eigenvalue weighted by molar-refractivity contribution is -0.121. The average molecular weight is 348 g/mol. The number of aliphatic imine (C=N–C) groups is 1. The molecule has 0 radical (unpaired) electrons. The molecule has 0 bridgehead atoms. The van der Waals surface area contributed by atoms with E-state index in [9.17, 15) is 9.18 Å². The molecule has 1 amide bonds. The van der Waals surface area contributed by atoms with Crippen LogP contribution in [-0.4, -0.2) is 50.5 Å². The second-order valence-corrected chi connectivity index (χ2v) is 6.52. The third kappa shape index (κ3) is 6.36. The van der Waals surface area contributed by atoms with Crippen LogP contribution in [0.25, 0.3) is 0 Å². The fourth-order valence-electron chi connectivity index (χ4n) is 3.23. The number of nitrogens with one attached hydrogen (secondary N) is 2.